The molecule has 2 aliphatic rings. The summed E-state index contributed by atoms with van der Waals surface area (Å²) in [5, 5.41) is 32.0. The minimum atomic E-state index is -1.61. The van der Waals surface area contributed by atoms with Crippen LogP contribution in [0.2, 0.25) is 0 Å². The summed E-state index contributed by atoms with van der Waals surface area (Å²) in [7, 11) is 1.21. The summed E-state index contributed by atoms with van der Waals surface area (Å²) in [5.74, 6) is -0.714. The lowest BCUT2D eigenvalue weighted by atomic mass is 9.90. The largest absolute Gasteiger partial charge is 0.466 e. The fraction of sp³-hybridized carbons (Fsp3) is 0.529. The summed E-state index contributed by atoms with van der Waals surface area (Å²) < 4.78 is 16.1. The highest BCUT2D eigenvalue weighted by Gasteiger charge is 2.59. The van der Waals surface area contributed by atoms with Crippen molar-refractivity contribution in [3.63, 3.8) is 0 Å². The van der Waals surface area contributed by atoms with E-state index in [9.17, 15) is 19.8 Å². The number of thioether (sulfide) groups is 1. The third kappa shape index (κ3) is 3.90. The number of hydrogen-bond donors (Lipinski definition) is 4. The van der Waals surface area contributed by atoms with Gasteiger partial charge in [-0.25, -0.2) is 9.59 Å². The second kappa shape index (κ2) is 8.03. The van der Waals surface area contributed by atoms with Crippen molar-refractivity contribution in [1.29, 1.82) is 0 Å². The van der Waals surface area contributed by atoms with Crippen LogP contribution in [0.15, 0.2) is 35.2 Å². The zero-order chi connectivity index (χ0) is 19.6. The average Bonchev–Trinajstić information content (AvgIpc) is 3.05. The molecule has 1 unspecified atom stereocenters. The van der Waals surface area contributed by atoms with Crippen LogP contribution in [0.5, 0.6) is 0 Å². The van der Waals surface area contributed by atoms with E-state index in [0.29, 0.717) is 4.90 Å². The van der Waals surface area contributed by atoms with Crippen LogP contribution < -0.4 is 5.32 Å². The van der Waals surface area contributed by atoms with Gasteiger partial charge in [0, 0.05) is 11.3 Å². The Kier molecular flexibility index (Phi) is 5.92. The molecule has 10 heteroatoms. The van der Waals surface area contributed by atoms with Gasteiger partial charge < -0.3 is 34.8 Å². The SMILES string of the molecule is COC(=O)[C@]1(Sc2ccccc2)C[C@H]2OC(=O)N[C@H]2C([C@H](O)[C@H](O)CO)O1. The predicted octanol–water partition coefficient (Wildman–Crippen LogP) is -0.372. The first kappa shape index (κ1) is 19.9. The molecule has 6 atom stereocenters. The number of aliphatic hydroxyl groups excluding tert-OH is 3. The quantitative estimate of drug-likeness (QED) is 0.473. The van der Waals surface area contributed by atoms with E-state index in [4.69, 9.17) is 19.3 Å². The molecule has 2 aliphatic heterocycles. The molecule has 9 nitrogen and oxygen atoms in total. The van der Waals surface area contributed by atoms with Gasteiger partial charge >= 0.3 is 12.1 Å². The van der Waals surface area contributed by atoms with Crippen LogP contribution in [-0.4, -0.2) is 76.5 Å². The number of rotatable bonds is 6. The molecule has 3 rings (SSSR count). The maximum atomic E-state index is 12.6. The number of esters is 1. The average molecular weight is 399 g/mol. The molecule has 2 saturated heterocycles. The molecule has 0 aliphatic carbocycles. The number of fused-ring (bicyclic) bond motifs is 1. The Hall–Kier alpha value is -1.85. The molecular formula is C17H21NO8S. The van der Waals surface area contributed by atoms with Gasteiger partial charge in [0.2, 0.25) is 4.93 Å². The van der Waals surface area contributed by atoms with Gasteiger partial charge in [0.1, 0.15) is 24.4 Å². The lowest BCUT2D eigenvalue weighted by molar-refractivity contribution is -0.199. The fourth-order valence-electron chi connectivity index (χ4n) is 3.22. The number of benzene rings is 1. The molecule has 2 heterocycles. The lowest BCUT2D eigenvalue weighted by Crippen LogP contribution is -2.63. The molecule has 1 aromatic rings. The van der Waals surface area contributed by atoms with Gasteiger partial charge in [0.15, 0.2) is 0 Å². The van der Waals surface area contributed by atoms with Crippen LogP contribution in [0.25, 0.3) is 0 Å². The topological polar surface area (TPSA) is 135 Å². The molecule has 1 amide bonds. The first-order valence-corrected chi connectivity index (χ1v) is 9.16. The van der Waals surface area contributed by atoms with Gasteiger partial charge in [0.05, 0.1) is 19.8 Å². The van der Waals surface area contributed by atoms with Crippen LogP contribution in [0.1, 0.15) is 6.42 Å². The third-order valence-corrected chi connectivity index (χ3v) is 5.80. The number of nitrogens with one attached hydrogen (secondary N) is 1. The van der Waals surface area contributed by atoms with Crippen molar-refractivity contribution in [2.45, 2.75) is 46.7 Å². The van der Waals surface area contributed by atoms with Gasteiger partial charge in [0.25, 0.3) is 0 Å². The summed E-state index contributed by atoms with van der Waals surface area (Å²) >= 11 is 1.06. The van der Waals surface area contributed by atoms with Crippen molar-refractivity contribution in [2.75, 3.05) is 13.7 Å². The number of hydrogen-bond acceptors (Lipinski definition) is 9. The lowest BCUT2D eigenvalue weighted by Gasteiger charge is -2.44. The maximum Gasteiger partial charge on any atom is 0.407 e. The van der Waals surface area contributed by atoms with Crippen LogP contribution in [0, 0.1) is 0 Å². The number of amides is 1. The smallest absolute Gasteiger partial charge is 0.407 e. The van der Waals surface area contributed by atoms with Gasteiger partial charge in [-0.3, -0.25) is 0 Å². The van der Waals surface area contributed by atoms with Gasteiger partial charge in [-0.05, 0) is 12.1 Å². The van der Waals surface area contributed by atoms with Gasteiger partial charge in [-0.1, -0.05) is 30.0 Å². The molecule has 2 fully saturated rings. The van der Waals surface area contributed by atoms with Crippen molar-refractivity contribution in [3.05, 3.63) is 30.3 Å². The zero-order valence-corrected chi connectivity index (χ0v) is 15.3. The molecule has 1 aromatic carbocycles. The van der Waals surface area contributed by atoms with E-state index in [1.54, 1.807) is 24.3 Å². The van der Waals surface area contributed by atoms with Crippen molar-refractivity contribution in [1.82, 2.24) is 5.32 Å². The standard InChI is InChI=1S/C17H21NO8S/c1-24-15(22)17(27-9-5-3-2-4-6-9)7-11-12(18-16(23)25-11)14(26-17)13(21)10(20)8-19/h2-6,10-14,19-21H,7-8H2,1H3,(H,18,23)/t10-,11-,12-,13-,14?,17-/m1/s1. The second-order valence-electron chi connectivity index (χ2n) is 6.30. The second-order valence-corrected chi connectivity index (χ2v) is 7.64. The summed E-state index contributed by atoms with van der Waals surface area (Å²) in [6.07, 6.45) is -5.80. The first-order chi connectivity index (χ1) is 12.9. The number of aliphatic hydroxyl groups is 3. The number of ether oxygens (including phenoxy) is 3. The summed E-state index contributed by atoms with van der Waals surface area (Å²) in [4.78, 5) is 23.5. The molecule has 0 radical (unpaired) electrons. The number of alkyl carbamates (subject to hydrolysis) is 1. The van der Waals surface area contributed by atoms with Crippen molar-refractivity contribution >= 4 is 23.8 Å². The zero-order valence-electron chi connectivity index (χ0n) is 14.5. The molecular weight excluding hydrogens is 378 g/mol. The van der Waals surface area contributed by atoms with Crippen LogP contribution in [-0.2, 0) is 19.0 Å². The van der Waals surface area contributed by atoms with Crippen molar-refractivity contribution < 1.29 is 39.1 Å². The maximum absolute atomic E-state index is 12.6. The molecule has 0 aromatic heterocycles. The molecule has 148 valence electrons. The molecule has 0 spiro atoms. The van der Waals surface area contributed by atoms with E-state index in [-0.39, 0.29) is 6.42 Å². The highest BCUT2D eigenvalue weighted by atomic mass is 32.2. The Morgan fingerprint density at radius 2 is 2.11 bits per heavy atom. The highest BCUT2D eigenvalue weighted by molar-refractivity contribution is 8.01. The van der Waals surface area contributed by atoms with Crippen molar-refractivity contribution in [3.8, 4) is 0 Å². The highest BCUT2D eigenvalue weighted by Crippen LogP contribution is 2.46. The first-order valence-electron chi connectivity index (χ1n) is 8.34. The normalized spacial score (nSPS) is 32.0. The Morgan fingerprint density at radius 3 is 2.74 bits per heavy atom. The Balaban J connectivity index is 1.97. The number of carbonyl (C=O) groups is 2. The molecule has 27 heavy (non-hydrogen) atoms. The van der Waals surface area contributed by atoms with E-state index >= 15 is 0 Å². The molecule has 0 saturated carbocycles. The van der Waals surface area contributed by atoms with Gasteiger partial charge in [-0.15, -0.1) is 0 Å². The minimum absolute atomic E-state index is 0.0128. The van der Waals surface area contributed by atoms with Crippen molar-refractivity contribution in [2.24, 2.45) is 0 Å². The Bertz CT molecular complexity index is 689. The summed E-state index contributed by atoms with van der Waals surface area (Å²) in [6, 6.07) is 8.16. The van der Waals surface area contributed by atoms with E-state index < -0.39 is 54.1 Å². The van der Waals surface area contributed by atoms with Crippen LogP contribution >= 0.6 is 11.8 Å². The van der Waals surface area contributed by atoms with Crippen LogP contribution in [0.3, 0.4) is 0 Å². The van der Waals surface area contributed by atoms with E-state index in [1.807, 2.05) is 6.07 Å². The van der Waals surface area contributed by atoms with E-state index in [0.717, 1.165) is 11.8 Å². The molecule has 4 N–H and O–H groups in total. The summed E-state index contributed by atoms with van der Waals surface area (Å²) in [6.45, 7) is -0.718. The number of methoxy groups -OCH3 is 1. The summed E-state index contributed by atoms with van der Waals surface area (Å²) in [5.41, 5.74) is 0. The van der Waals surface area contributed by atoms with Crippen LogP contribution in [0.4, 0.5) is 4.79 Å². The Morgan fingerprint density at radius 1 is 1.41 bits per heavy atom. The minimum Gasteiger partial charge on any atom is -0.466 e. The number of carbonyl (C=O) groups excluding carboxylic acids is 2. The fourth-order valence-corrected chi connectivity index (χ4v) is 4.47. The Labute approximate surface area is 159 Å². The van der Waals surface area contributed by atoms with E-state index in [2.05, 4.69) is 5.32 Å². The molecule has 0 bridgehead atoms. The third-order valence-electron chi connectivity index (χ3n) is 4.53. The van der Waals surface area contributed by atoms with E-state index in [1.165, 1.54) is 7.11 Å². The monoisotopic (exact) mass is 399 g/mol. The van der Waals surface area contributed by atoms with Gasteiger partial charge in [-0.2, -0.15) is 0 Å². The predicted molar refractivity (Wildman–Crippen MR) is 92.8 cm³/mol.